The fourth-order valence-corrected chi connectivity index (χ4v) is 8.25. The van der Waals surface area contributed by atoms with Gasteiger partial charge in [-0.3, -0.25) is 11.7 Å². The Bertz CT molecular complexity index is 631. The Morgan fingerprint density at radius 3 is 2.31 bits per heavy atom. The van der Waals surface area contributed by atoms with Crippen molar-refractivity contribution in [2.75, 3.05) is 0 Å². The maximum absolute atomic E-state index is 6.33. The van der Waals surface area contributed by atoms with E-state index < -0.39 is 0 Å². The van der Waals surface area contributed by atoms with Gasteiger partial charge < -0.3 is 5.73 Å². The molecule has 3 fully saturated rings. The molecule has 0 aromatic heterocycles. The molecule has 4 nitrogen and oxygen atoms in total. The molecular formula is C31H62N4. The summed E-state index contributed by atoms with van der Waals surface area (Å²) in [5.74, 6) is 13.3. The van der Waals surface area contributed by atoms with Gasteiger partial charge in [0.1, 0.15) is 0 Å². The monoisotopic (exact) mass is 490 g/mol. The quantitative estimate of drug-likeness (QED) is 0.133. The minimum absolute atomic E-state index is 0.421. The van der Waals surface area contributed by atoms with Gasteiger partial charge in [0.25, 0.3) is 0 Å². The van der Waals surface area contributed by atoms with Gasteiger partial charge in [-0.1, -0.05) is 79.0 Å². The van der Waals surface area contributed by atoms with Gasteiger partial charge in [0.15, 0.2) is 0 Å². The molecule has 35 heavy (non-hydrogen) atoms. The van der Waals surface area contributed by atoms with E-state index in [0.29, 0.717) is 22.8 Å². The summed E-state index contributed by atoms with van der Waals surface area (Å²) in [7, 11) is 0. The fourth-order valence-electron chi connectivity index (χ4n) is 8.25. The highest BCUT2D eigenvalue weighted by atomic mass is 15.4. The largest absolute Gasteiger partial charge is 0.327 e. The number of nitrogens with one attached hydrogen (secondary N) is 1. The molecule has 0 spiro atoms. The summed E-state index contributed by atoms with van der Waals surface area (Å²) >= 11 is 0. The average molecular weight is 491 g/mol. The van der Waals surface area contributed by atoms with Crippen LogP contribution in [-0.4, -0.2) is 6.04 Å². The van der Waals surface area contributed by atoms with E-state index in [4.69, 9.17) is 5.73 Å². The first-order chi connectivity index (χ1) is 16.8. The Morgan fingerprint density at radius 1 is 1.03 bits per heavy atom. The summed E-state index contributed by atoms with van der Waals surface area (Å²) in [6, 6.07) is 0.421. The molecule has 7 N–H and O–H groups in total. The summed E-state index contributed by atoms with van der Waals surface area (Å²) in [4.78, 5) is 0. The van der Waals surface area contributed by atoms with Gasteiger partial charge in [-0.2, -0.15) is 5.53 Å². The first kappa shape index (κ1) is 32.3. The highest BCUT2D eigenvalue weighted by molar-refractivity contribution is 5.25. The van der Waals surface area contributed by atoms with Crippen LogP contribution in [0, 0.1) is 40.4 Å². The predicted molar refractivity (Wildman–Crippen MR) is 155 cm³/mol. The number of nitrogens with two attached hydrogens (primary N) is 3. The zero-order valence-corrected chi connectivity index (χ0v) is 24.5. The first-order valence-electron chi connectivity index (χ1n) is 15.0. The van der Waals surface area contributed by atoms with Crippen molar-refractivity contribution < 1.29 is 0 Å². The van der Waals surface area contributed by atoms with Crippen LogP contribution in [0.25, 0.3) is 0 Å². The van der Waals surface area contributed by atoms with E-state index >= 15 is 0 Å². The maximum Gasteiger partial charge on any atom is 0.00766 e. The van der Waals surface area contributed by atoms with Crippen LogP contribution in [-0.2, 0) is 0 Å². The molecule has 4 rings (SSSR count). The van der Waals surface area contributed by atoms with Crippen molar-refractivity contribution in [3.05, 3.63) is 24.3 Å². The Morgan fingerprint density at radius 2 is 1.69 bits per heavy atom. The summed E-state index contributed by atoms with van der Waals surface area (Å²) in [6.07, 6.45) is 21.5. The summed E-state index contributed by atoms with van der Waals surface area (Å²) in [6.45, 7) is 19.6. The topological polar surface area (TPSA) is 90.1 Å². The number of allylic oxidation sites excluding steroid dienone is 2. The van der Waals surface area contributed by atoms with Crippen LogP contribution in [0.1, 0.15) is 126 Å². The zero-order valence-electron chi connectivity index (χ0n) is 24.5. The van der Waals surface area contributed by atoms with Gasteiger partial charge in [-0.05, 0) is 105 Å². The zero-order chi connectivity index (χ0) is 26.6. The number of hydrogen-bond acceptors (Lipinski definition) is 4. The van der Waals surface area contributed by atoms with E-state index in [-0.39, 0.29) is 0 Å². The molecule has 4 aliphatic rings. The Hall–Kier alpha value is -0.680. The third-order valence-electron chi connectivity index (χ3n) is 10.2. The SMILES string of the molecule is C=CC(C)CCCCC1CCC2C3CC=C4CC(N)CCC4(C)C3CCC12C.CC.CC.NNN. The molecule has 0 radical (unpaired) electrons. The van der Waals surface area contributed by atoms with Crippen LogP contribution < -0.4 is 23.0 Å². The van der Waals surface area contributed by atoms with Crippen molar-refractivity contribution in [2.24, 2.45) is 57.8 Å². The van der Waals surface area contributed by atoms with Crippen LogP contribution in [0.15, 0.2) is 24.3 Å². The minimum Gasteiger partial charge on any atom is -0.327 e. The van der Waals surface area contributed by atoms with E-state index in [9.17, 15) is 0 Å². The minimum atomic E-state index is 0.421. The lowest BCUT2D eigenvalue weighted by Gasteiger charge is -2.58. The van der Waals surface area contributed by atoms with Gasteiger partial charge in [0, 0.05) is 6.04 Å². The molecule has 4 heteroatoms. The van der Waals surface area contributed by atoms with Crippen molar-refractivity contribution in [3.8, 4) is 0 Å². The standard InChI is InChI=1S/C27H45N.2C2H6.H5N3/c1-5-19(2)8-6-7-9-20-11-13-24-23-12-10-21-18-22(28)14-16-27(21,4)25(23)15-17-26(20,24)3;2*1-2;1-3-2/h5,10,19-20,22-25H,1,6-9,11-18,28H2,2-4H3;2*1-2H3;3H,1-2H2. The molecule has 0 aliphatic heterocycles. The van der Waals surface area contributed by atoms with Crippen LogP contribution in [0.5, 0.6) is 0 Å². The Labute approximate surface area is 219 Å². The smallest absolute Gasteiger partial charge is 0.00766 e. The van der Waals surface area contributed by atoms with Crippen molar-refractivity contribution in [1.29, 1.82) is 0 Å². The molecule has 3 saturated carbocycles. The molecular weight excluding hydrogens is 428 g/mol. The molecule has 0 heterocycles. The van der Waals surface area contributed by atoms with E-state index in [2.05, 4.69) is 51.2 Å². The van der Waals surface area contributed by atoms with Crippen molar-refractivity contribution in [3.63, 3.8) is 0 Å². The third kappa shape index (κ3) is 7.43. The number of fused-ring (bicyclic) bond motifs is 5. The highest BCUT2D eigenvalue weighted by Crippen LogP contribution is 2.66. The van der Waals surface area contributed by atoms with Gasteiger partial charge >= 0.3 is 0 Å². The summed E-state index contributed by atoms with van der Waals surface area (Å²) in [5, 5.41) is 0. The first-order valence-corrected chi connectivity index (χ1v) is 15.0. The van der Waals surface area contributed by atoms with Crippen LogP contribution in [0.2, 0.25) is 0 Å². The molecule has 0 aromatic rings. The lowest BCUT2D eigenvalue weighted by atomic mass is 9.47. The second kappa shape index (κ2) is 15.5. The summed E-state index contributed by atoms with van der Waals surface area (Å²) < 4.78 is 0. The van der Waals surface area contributed by atoms with Gasteiger partial charge in [-0.15, -0.1) is 6.58 Å². The van der Waals surface area contributed by atoms with Crippen LogP contribution in [0.4, 0.5) is 0 Å². The molecule has 0 saturated heterocycles. The highest BCUT2D eigenvalue weighted by Gasteiger charge is 2.58. The maximum atomic E-state index is 6.33. The molecule has 8 unspecified atom stereocenters. The lowest BCUT2D eigenvalue weighted by Crippen LogP contribution is -2.51. The Kier molecular flexibility index (Phi) is 14.4. The second-order valence-electron chi connectivity index (χ2n) is 11.7. The van der Waals surface area contributed by atoms with Crippen molar-refractivity contribution in [1.82, 2.24) is 5.53 Å². The molecule has 0 amide bonds. The molecule has 4 aliphatic carbocycles. The molecule has 0 bridgehead atoms. The Balaban J connectivity index is 0.000000797. The second-order valence-corrected chi connectivity index (χ2v) is 11.7. The van der Waals surface area contributed by atoms with E-state index in [0.717, 1.165) is 23.7 Å². The van der Waals surface area contributed by atoms with E-state index in [1.807, 2.05) is 27.7 Å². The normalized spacial score (nSPS) is 37.8. The average Bonchev–Trinajstić information content (AvgIpc) is 3.21. The van der Waals surface area contributed by atoms with Gasteiger partial charge in [0.2, 0.25) is 0 Å². The van der Waals surface area contributed by atoms with Crippen LogP contribution in [0.3, 0.4) is 0 Å². The van der Waals surface area contributed by atoms with Gasteiger partial charge in [0.05, 0.1) is 0 Å². The number of hydrazine groups is 2. The van der Waals surface area contributed by atoms with Crippen molar-refractivity contribution >= 4 is 0 Å². The number of unbranched alkanes of at least 4 members (excludes halogenated alkanes) is 1. The van der Waals surface area contributed by atoms with Crippen molar-refractivity contribution in [2.45, 2.75) is 132 Å². The van der Waals surface area contributed by atoms with Crippen LogP contribution >= 0.6 is 0 Å². The summed E-state index contributed by atoms with van der Waals surface area (Å²) in [5.41, 5.74) is 10.9. The third-order valence-corrected chi connectivity index (χ3v) is 10.2. The van der Waals surface area contributed by atoms with Gasteiger partial charge in [-0.25, -0.2) is 0 Å². The lowest BCUT2D eigenvalue weighted by molar-refractivity contribution is -0.0434. The predicted octanol–water partition coefficient (Wildman–Crippen LogP) is 7.65. The molecule has 0 aromatic carbocycles. The molecule has 8 atom stereocenters. The molecule has 206 valence electrons. The van der Waals surface area contributed by atoms with E-state index in [1.54, 1.807) is 11.1 Å². The fraction of sp³-hybridized carbons (Fsp3) is 0.871. The van der Waals surface area contributed by atoms with E-state index in [1.165, 1.54) is 77.0 Å². The number of rotatable bonds is 6. The number of hydrogen-bond donors (Lipinski definition) is 4.